The Hall–Kier alpha value is -3.46. The van der Waals surface area contributed by atoms with Crippen molar-refractivity contribution in [2.75, 3.05) is 24.7 Å². The Labute approximate surface area is 173 Å². The second kappa shape index (κ2) is 8.50. The first-order valence-corrected chi connectivity index (χ1v) is 9.74. The van der Waals surface area contributed by atoms with Gasteiger partial charge in [-0.2, -0.15) is 10.2 Å². The number of nitrogens with zero attached hydrogens (tertiary/aromatic N) is 5. The Kier molecular flexibility index (Phi) is 5.62. The number of aryl methyl sites for hydroxylation is 1. The third-order valence-electron chi connectivity index (χ3n) is 5.13. The van der Waals surface area contributed by atoms with Crippen LogP contribution in [0, 0.1) is 5.92 Å². The molecule has 2 aromatic heterocycles. The van der Waals surface area contributed by atoms with Crippen molar-refractivity contribution in [3.8, 4) is 5.69 Å². The van der Waals surface area contributed by atoms with E-state index in [1.54, 1.807) is 46.2 Å². The number of hydrogen-bond donors (Lipinski definition) is 1. The molecule has 30 heavy (non-hydrogen) atoms. The van der Waals surface area contributed by atoms with Crippen LogP contribution in [0.3, 0.4) is 0 Å². The maximum Gasteiger partial charge on any atom is 0.411 e. The molecular weight excluding hydrogens is 386 g/mol. The number of aromatic nitrogens is 4. The largest absolute Gasteiger partial charge is 0.465 e. The minimum atomic E-state index is -1.00. The highest BCUT2D eigenvalue weighted by Gasteiger charge is 2.23. The van der Waals surface area contributed by atoms with Crippen molar-refractivity contribution in [1.29, 1.82) is 0 Å². The molecule has 1 aliphatic heterocycles. The molecule has 1 saturated heterocycles. The SMILES string of the molecule is Cn1cc(-n2ccc(=O)c(Cc3cccc(N(CC4CCOC4)C(=O)O)c3)n2)cn1. The van der Waals surface area contributed by atoms with Gasteiger partial charge in [0, 0.05) is 50.5 Å². The number of anilines is 1. The van der Waals surface area contributed by atoms with Gasteiger partial charge in [-0.3, -0.25) is 14.4 Å². The Morgan fingerprint density at radius 3 is 2.93 bits per heavy atom. The van der Waals surface area contributed by atoms with E-state index in [9.17, 15) is 14.7 Å². The van der Waals surface area contributed by atoms with E-state index >= 15 is 0 Å². The summed E-state index contributed by atoms with van der Waals surface area (Å²) in [4.78, 5) is 25.5. The van der Waals surface area contributed by atoms with E-state index in [2.05, 4.69) is 10.2 Å². The summed E-state index contributed by atoms with van der Waals surface area (Å²) in [6.07, 6.45) is 5.23. The van der Waals surface area contributed by atoms with E-state index in [1.165, 1.54) is 11.0 Å². The third-order valence-corrected chi connectivity index (χ3v) is 5.13. The minimum absolute atomic E-state index is 0.168. The average Bonchev–Trinajstić information content (AvgIpc) is 3.39. The standard InChI is InChI=1S/C21H23N5O4/c1-24-13-18(11-22-24)26-7-5-20(27)19(23-26)10-15-3-2-4-17(9-15)25(21(28)29)12-16-6-8-30-14-16/h2-5,7,9,11,13,16H,6,8,10,12,14H2,1H3,(H,28,29). The lowest BCUT2D eigenvalue weighted by atomic mass is 10.1. The fourth-order valence-corrected chi connectivity index (χ4v) is 3.55. The molecule has 3 aromatic rings. The molecule has 0 saturated carbocycles. The first-order valence-electron chi connectivity index (χ1n) is 9.74. The zero-order valence-electron chi connectivity index (χ0n) is 16.6. The Balaban J connectivity index is 1.58. The summed E-state index contributed by atoms with van der Waals surface area (Å²) in [5.41, 5.74) is 2.36. The van der Waals surface area contributed by atoms with E-state index in [1.807, 2.05) is 13.1 Å². The number of carboxylic acid groups (broad SMARTS) is 1. The van der Waals surface area contributed by atoms with Crippen LogP contribution in [0.5, 0.6) is 0 Å². The van der Waals surface area contributed by atoms with Crippen molar-refractivity contribution in [2.45, 2.75) is 12.8 Å². The van der Waals surface area contributed by atoms with Crippen LogP contribution in [-0.4, -0.2) is 50.5 Å². The summed E-state index contributed by atoms with van der Waals surface area (Å²) < 4.78 is 8.64. The van der Waals surface area contributed by atoms with Crippen molar-refractivity contribution in [2.24, 2.45) is 13.0 Å². The van der Waals surface area contributed by atoms with E-state index in [0.717, 1.165) is 17.7 Å². The first kappa shape index (κ1) is 19.8. The van der Waals surface area contributed by atoms with Gasteiger partial charge in [0.1, 0.15) is 11.4 Å². The van der Waals surface area contributed by atoms with Crippen LogP contribution in [0.2, 0.25) is 0 Å². The van der Waals surface area contributed by atoms with Gasteiger partial charge in [-0.25, -0.2) is 9.48 Å². The topological polar surface area (TPSA) is 102 Å². The fraction of sp³-hybridized carbons (Fsp3) is 0.333. The lowest BCUT2D eigenvalue weighted by Gasteiger charge is -2.22. The van der Waals surface area contributed by atoms with Gasteiger partial charge < -0.3 is 9.84 Å². The molecule has 1 aliphatic rings. The molecule has 4 rings (SSSR count). The quantitative estimate of drug-likeness (QED) is 0.669. The zero-order valence-corrected chi connectivity index (χ0v) is 16.6. The van der Waals surface area contributed by atoms with Crippen LogP contribution in [0.25, 0.3) is 5.69 Å². The summed E-state index contributed by atoms with van der Waals surface area (Å²) in [6, 6.07) is 8.70. The van der Waals surface area contributed by atoms with Crippen molar-refractivity contribution in [1.82, 2.24) is 19.6 Å². The number of benzene rings is 1. The van der Waals surface area contributed by atoms with Gasteiger partial charge in [0.25, 0.3) is 0 Å². The first-order chi connectivity index (χ1) is 14.5. The smallest absolute Gasteiger partial charge is 0.411 e. The van der Waals surface area contributed by atoms with Crippen LogP contribution >= 0.6 is 0 Å². The molecule has 0 bridgehead atoms. The molecule has 9 nitrogen and oxygen atoms in total. The molecule has 0 aliphatic carbocycles. The summed E-state index contributed by atoms with van der Waals surface area (Å²) in [5.74, 6) is 0.187. The number of rotatable bonds is 6. The van der Waals surface area contributed by atoms with E-state index in [-0.39, 0.29) is 11.3 Å². The molecular formula is C21H23N5O4. The molecule has 1 unspecified atom stereocenters. The molecule has 1 aromatic carbocycles. The molecule has 0 radical (unpaired) electrons. The average molecular weight is 409 g/mol. The second-order valence-electron chi connectivity index (χ2n) is 7.41. The van der Waals surface area contributed by atoms with Crippen molar-refractivity contribution in [3.63, 3.8) is 0 Å². The fourth-order valence-electron chi connectivity index (χ4n) is 3.55. The second-order valence-corrected chi connectivity index (χ2v) is 7.41. The molecule has 1 N–H and O–H groups in total. The summed E-state index contributed by atoms with van der Waals surface area (Å²) in [7, 11) is 1.81. The third kappa shape index (κ3) is 4.41. The van der Waals surface area contributed by atoms with Gasteiger partial charge in [0.05, 0.1) is 19.0 Å². The maximum atomic E-state index is 12.4. The monoisotopic (exact) mass is 409 g/mol. The number of carbonyl (C=O) groups is 1. The number of ether oxygens (including phenoxy) is 1. The lowest BCUT2D eigenvalue weighted by molar-refractivity contribution is 0.183. The zero-order chi connectivity index (χ0) is 21.1. The van der Waals surface area contributed by atoms with Gasteiger partial charge in [0.15, 0.2) is 0 Å². The molecule has 1 fully saturated rings. The van der Waals surface area contributed by atoms with Crippen LogP contribution in [0.1, 0.15) is 17.7 Å². The highest BCUT2D eigenvalue weighted by Crippen LogP contribution is 2.22. The van der Waals surface area contributed by atoms with Crippen LogP contribution in [-0.2, 0) is 18.2 Å². The summed E-state index contributed by atoms with van der Waals surface area (Å²) >= 11 is 0. The Bertz CT molecular complexity index is 1100. The van der Waals surface area contributed by atoms with Crippen LogP contribution in [0.4, 0.5) is 10.5 Å². The molecule has 1 atom stereocenters. The highest BCUT2D eigenvalue weighted by atomic mass is 16.5. The highest BCUT2D eigenvalue weighted by molar-refractivity contribution is 5.86. The maximum absolute atomic E-state index is 12.4. The van der Waals surface area contributed by atoms with Crippen molar-refractivity contribution in [3.05, 3.63) is 70.4 Å². The van der Waals surface area contributed by atoms with Crippen LogP contribution in [0.15, 0.2) is 53.7 Å². The van der Waals surface area contributed by atoms with Gasteiger partial charge in [0.2, 0.25) is 5.43 Å². The molecule has 156 valence electrons. The predicted molar refractivity (Wildman–Crippen MR) is 110 cm³/mol. The van der Waals surface area contributed by atoms with Crippen molar-refractivity contribution >= 4 is 11.8 Å². The molecule has 3 heterocycles. The van der Waals surface area contributed by atoms with Crippen LogP contribution < -0.4 is 10.3 Å². The van der Waals surface area contributed by atoms with Gasteiger partial charge >= 0.3 is 6.09 Å². The lowest BCUT2D eigenvalue weighted by Crippen LogP contribution is -2.34. The van der Waals surface area contributed by atoms with Gasteiger partial charge in [-0.15, -0.1) is 0 Å². The van der Waals surface area contributed by atoms with E-state index in [4.69, 9.17) is 4.74 Å². The summed E-state index contributed by atoms with van der Waals surface area (Å²) in [6.45, 7) is 1.63. The number of hydrogen-bond acceptors (Lipinski definition) is 5. The molecule has 9 heteroatoms. The van der Waals surface area contributed by atoms with E-state index < -0.39 is 6.09 Å². The summed E-state index contributed by atoms with van der Waals surface area (Å²) in [5, 5.41) is 18.3. The van der Waals surface area contributed by atoms with Crippen molar-refractivity contribution < 1.29 is 14.6 Å². The van der Waals surface area contributed by atoms with Gasteiger partial charge in [-0.1, -0.05) is 12.1 Å². The molecule has 0 spiro atoms. The Morgan fingerprint density at radius 2 is 2.23 bits per heavy atom. The van der Waals surface area contributed by atoms with Gasteiger partial charge in [-0.05, 0) is 24.1 Å². The minimum Gasteiger partial charge on any atom is -0.465 e. The normalized spacial score (nSPS) is 16.0. The number of amides is 1. The van der Waals surface area contributed by atoms with E-state index in [0.29, 0.717) is 37.6 Å². The predicted octanol–water partition coefficient (Wildman–Crippen LogP) is 2.08. The molecule has 1 amide bonds. The Morgan fingerprint density at radius 1 is 1.37 bits per heavy atom.